The monoisotopic (exact) mass is 242 g/mol. The van der Waals surface area contributed by atoms with E-state index in [1.807, 2.05) is 32.8 Å². The number of benzene rings is 1. The summed E-state index contributed by atoms with van der Waals surface area (Å²) in [4.78, 5) is 1.98. The minimum Gasteiger partial charge on any atom is -0.311 e. The summed E-state index contributed by atoms with van der Waals surface area (Å²) in [5, 5.41) is 3.06. The van der Waals surface area contributed by atoms with E-state index in [1.54, 1.807) is 13.1 Å². The molecular formula is C13H20F2N2. The molecule has 0 bridgehead atoms. The molecule has 0 aliphatic carbocycles. The second kappa shape index (κ2) is 5.10. The Labute approximate surface area is 102 Å². The van der Waals surface area contributed by atoms with Crippen LogP contribution in [0, 0.1) is 11.6 Å². The molecule has 1 rings (SSSR count). The van der Waals surface area contributed by atoms with Crippen molar-refractivity contribution in [3.05, 3.63) is 35.4 Å². The average molecular weight is 242 g/mol. The molecule has 0 aromatic heterocycles. The van der Waals surface area contributed by atoms with Crippen molar-refractivity contribution in [3.63, 3.8) is 0 Å². The van der Waals surface area contributed by atoms with E-state index in [1.165, 1.54) is 6.07 Å². The van der Waals surface area contributed by atoms with Gasteiger partial charge in [0.2, 0.25) is 0 Å². The summed E-state index contributed by atoms with van der Waals surface area (Å²) in [6, 6.07) is 4.00. The molecule has 96 valence electrons. The zero-order valence-corrected chi connectivity index (χ0v) is 11.0. The number of nitrogens with zero attached hydrogens (tertiary/aromatic N) is 1. The molecule has 1 atom stereocenters. The number of hydrogen-bond acceptors (Lipinski definition) is 2. The molecule has 0 amide bonds. The number of likely N-dealkylation sites (N-methyl/N-ethyl adjacent to an activating group) is 2. The van der Waals surface area contributed by atoms with E-state index in [2.05, 4.69) is 5.32 Å². The van der Waals surface area contributed by atoms with Crippen molar-refractivity contribution in [1.82, 2.24) is 10.2 Å². The Balaban J connectivity index is 3.23. The predicted octanol–water partition coefficient (Wildman–Crippen LogP) is 2.57. The Bertz CT molecular complexity index is 389. The number of hydrogen-bond donors (Lipinski definition) is 1. The largest absolute Gasteiger partial charge is 0.311 e. The van der Waals surface area contributed by atoms with E-state index in [-0.39, 0.29) is 11.6 Å². The lowest BCUT2D eigenvalue weighted by Gasteiger charge is -2.40. The van der Waals surface area contributed by atoms with E-state index >= 15 is 0 Å². The molecule has 0 aliphatic rings. The van der Waals surface area contributed by atoms with Crippen LogP contribution < -0.4 is 5.32 Å². The maximum absolute atomic E-state index is 13.8. The molecule has 0 saturated heterocycles. The Morgan fingerprint density at radius 2 is 1.82 bits per heavy atom. The summed E-state index contributed by atoms with van der Waals surface area (Å²) in [5.41, 5.74) is 0.0230. The number of halogens is 2. The Kier molecular flexibility index (Phi) is 4.22. The number of nitrogens with one attached hydrogen (secondary N) is 1. The van der Waals surface area contributed by atoms with Crippen LogP contribution in [0.15, 0.2) is 18.2 Å². The third-order valence-electron chi connectivity index (χ3n) is 3.44. The van der Waals surface area contributed by atoms with Gasteiger partial charge in [0.25, 0.3) is 0 Å². The lowest BCUT2D eigenvalue weighted by atomic mass is 9.87. The smallest absolute Gasteiger partial charge is 0.163 e. The van der Waals surface area contributed by atoms with Gasteiger partial charge in [0.15, 0.2) is 11.6 Å². The maximum Gasteiger partial charge on any atom is 0.163 e. The van der Waals surface area contributed by atoms with E-state index < -0.39 is 11.6 Å². The second-order valence-corrected chi connectivity index (χ2v) is 4.91. The van der Waals surface area contributed by atoms with Crippen LogP contribution in [0.4, 0.5) is 8.78 Å². The van der Waals surface area contributed by atoms with Crippen LogP contribution >= 0.6 is 0 Å². The molecule has 4 heteroatoms. The molecule has 1 N–H and O–H groups in total. The summed E-state index contributed by atoms with van der Waals surface area (Å²) in [5.74, 6) is -1.58. The van der Waals surface area contributed by atoms with Gasteiger partial charge in [-0.15, -0.1) is 0 Å². The molecule has 0 spiro atoms. The molecule has 0 saturated carbocycles. The van der Waals surface area contributed by atoms with Gasteiger partial charge in [-0.1, -0.05) is 12.1 Å². The van der Waals surface area contributed by atoms with Gasteiger partial charge in [0, 0.05) is 11.1 Å². The molecule has 0 fully saturated rings. The van der Waals surface area contributed by atoms with Crippen LogP contribution in [0.1, 0.15) is 25.5 Å². The van der Waals surface area contributed by atoms with Gasteiger partial charge in [-0.3, -0.25) is 0 Å². The molecule has 17 heavy (non-hydrogen) atoms. The van der Waals surface area contributed by atoms with Crippen molar-refractivity contribution >= 4 is 0 Å². The third-order valence-corrected chi connectivity index (χ3v) is 3.44. The van der Waals surface area contributed by atoms with Crippen LogP contribution in [-0.2, 0) is 0 Å². The summed E-state index contributed by atoms with van der Waals surface area (Å²) in [7, 11) is 5.59. The maximum atomic E-state index is 13.8. The van der Waals surface area contributed by atoms with Crippen molar-refractivity contribution in [2.45, 2.75) is 25.4 Å². The van der Waals surface area contributed by atoms with Gasteiger partial charge in [0.1, 0.15) is 0 Å². The van der Waals surface area contributed by atoms with Gasteiger partial charge < -0.3 is 10.2 Å². The Hall–Kier alpha value is -1.00. The van der Waals surface area contributed by atoms with Crippen LogP contribution in [-0.4, -0.2) is 31.6 Å². The fourth-order valence-corrected chi connectivity index (χ4v) is 1.89. The fourth-order valence-electron chi connectivity index (χ4n) is 1.89. The highest BCUT2D eigenvalue weighted by Gasteiger charge is 2.33. The van der Waals surface area contributed by atoms with Crippen molar-refractivity contribution in [1.29, 1.82) is 0 Å². The van der Waals surface area contributed by atoms with Crippen LogP contribution in [0.2, 0.25) is 0 Å². The van der Waals surface area contributed by atoms with Crippen LogP contribution in [0.5, 0.6) is 0 Å². The molecule has 0 radical (unpaired) electrons. The Morgan fingerprint density at radius 1 is 1.24 bits per heavy atom. The summed E-state index contributed by atoms with van der Waals surface area (Å²) < 4.78 is 27.0. The third kappa shape index (κ3) is 2.64. The van der Waals surface area contributed by atoms with E-state index in [0.29, 0.717) is 5.56 Å². The van der Waals surface area contributed by atoms with Gasteiger partial charge in [-0.05, 0) is 41.1 Å². The number of rotatable bonds is 4. The van der Waals surface area contributed by atoms with E-state index in [0.717, 1.165) is 6.07 Å². The quantitative estimate of drug-likeness (QED) is 0.873. The van der Waals surface area contributed by atoms with Crippen LogP contribution in [0.3, 0.4) is 0 Å². The lowest BCUT2D eigenvalue weighted by molar-refractivity contribution is 0.140. The average Bonchev–Trinajstić information content (AvgIpc) is 2.24. The lowest BCUT2D eigenvalue weighted by Crippen LogP contribution is -2.48. The highest BCUT2D eigenvalue weighted by molar-refractivity contribution is 5.25. The molecule has 0 aliphatic heterocycles. The van der Waals surface area contributed by atoms with Crippen molar-refractivity contribution in [3.8, 4) is 0 Å². The zero-order chi connectivity index (χ0) is 13.2. The predicted molar refractivity (Wildman–Crippen MR) is 65.9 cm³/mol. The second-order valence-electron chi connectivity index (χ2n) is 4.91. The van der Waals surface area contributed by atoms with Gasteiger partial charge >= 0.3 is 0 Å². The van der Waals surface area contributed by atoms with Gasteiger partial charge in [-0.2, -0.15) is 0 Å². The van der Waals surface area contributed by atoms with E-state index in [4.69, 9.17) is 0 Å². The molecule has 1 aromatic carbocycles. The van der Waals surface area contributed by atoms with Gasteiger partial charge in [0.05, 0.1) is 6.04 Å². The fraction of sp³-hybridized carbons (Fsp3) is 0.538. The first-order valence-corrected chi connectivity index (χ1v) is 5.61. The van der Waals surface area contributed by atoms with Gasteiger partial charge in [-0.25, -0.2) is 8.78 Å². The van der Waals surface area contributed by atoms with Crippen molar-refractivity contribution < 1.29 is 8.78 Å². The first-order chi connectivity index (χ1) is 7.82. The van der Waals surface area contributed by atoms with Crippen LogP contribution in [0.25, 0.3) is 0 Å². The minimum absolute atomic E-state index is 0.284. The van der Waals surface area contributed by atoms with Crippen molar-refractivity contribution in [2.75, 3.05) is 21.1 Å². The zero-order valence-electron chi connectivity index (χ0n) is 11.0. The first-order valence-electron chi connectivity index (χ1n) is 5.61. The molecule has 0 heterocycles. The molecule has 1 unspecified atom stereocenters. The van der Waals surface area contributed by atoms with Crippen molar-refractivity contribution in [2.24, 2.45) is 0 Å². The summed E-state index contributed by atoms with van der Waals surface area (Å²) in [6.45, 7) is 3.97. The molecule has 1 aromatic rings. The Morgan fingerprint density at radius 3 is 2.29 bits per heavy atom. The highest BCUT2D eigenvalue weighted by Crippen LogP contribution is 2.31. The summed E-state index contributed by atoms with van der Waals surface area (Å²) in [6.07, 6.45) is 0. The SMILES string of the molecule is CNC(c1cccc(F)c1F)C(C)(C)N(C)C. The normalized spacial score (nSPS) is 14.1. The standard InChI is InChI=1S/C13H20F2N2/c1-13(2,17(4)5)12(16-3)9-7-6-8-10(14)11(9)15/h6-8,12,16H,1-5H3. The summed E-state index contributed by atoms with van der Waals surface area (Å²) >= 11 is 0. The first kappa shape index (κ1) is 14.1. The minimum atomic E-state index is -0.808. The molecule has 2 nitrogen and oxygen atoms in total. The highest BCUT2D eigenvalue weighted by atomic mass is 19.2. The topological polar surface area (TPSA) is 15.3 Å². The molecular weight excluding hydrogens is 222 g/mol. The van der Waals surface area contributed by atoms with E-state index in [9.17, 15) is 8.78 Å².